The Morgan fingerprint density at radius 3 is 2.58 bits per heavy atom. The molecule has 2 unspecified atom stereocenters. The van der Waals surface area contributed by atoms with Gasteiger partial charge in [-0.25, -0.2) is 9.97 Å². The maximum atomic E-state index is 6.11. The summed E-state index contributed by atoms with van der Waals surface area (Å²) in [5, 5.41) is 3.59. The van der Waals surface area contributed by atoms with Gasteiger partial charge in [0.05, 0.1) is 6.10 Å². The van der Waals surface area contributed by atoms with Crippen molar-refractivity contribution in [3.63, 3.8) is 0 Å². The van der Waals surface area contributed by atoms with Crippen LogP contribution in [0.25, 0.3) is 11.4 Å². The van der Waals surface area contributed by atoms with Crippen molar-refractivity contribution < 1.29 is 4.74 Å². The van der Waals surface area contributed by atoms with Gasteiger partial charge in [-0.3, -0.25) is 4.98 Å². The topological polar surface area (TPSA) is 59.9 Å². The minimum Gasteiger partial charge on any atom is -0.377 e. The van der Waals surface area contributed by atoms with Crippen LogP contribution >= 0.6 is 0 Å². The first-order valence-corrected chi connectivity index (χ1v) is 9.47. The number of aryl methyl sites for hydroxylation is 1. The Bertz CT molecular complexity index is 740. The van der Waals surface area contributed by atoms with Gasteiger partial charge in [0.2, 0.25) is 0 Å². The van der Waals surface area contributed by atoms with Crippen LogP contribution in [0.3, 0.4) is 0 Å². The van der Waals surface area contributed by atoms with E-state index in [1.54, 1.807) is 12.4 Å². The molecule has 3 rings (SSSR count). The number of nitrogens with zero attached hydrogens (tertiary/aromatic N) is 3. The summed E-state index contributed by atoms with van der Waals surface area (Å²) in [6.07, 6.45) is 6.13. The lowest BCUT2D eigenvalue weighted by atomic mass is 9.78. The van der Waals surface area contributed by atoms with E-state index in [0.717, 1.165) is 48.0 Å². The highest BCUT2D eigenvalue weighted by atomic mass is 16.5. The number of pyridine rings is 1. The SMILES string of the molecule is Cc1nc(-c2ccncc2)nc(NCC2CCCOC2C(C)(C)C)c1C. The summed E-state index contributed by atoms with van der Waals surface area (Å²) in [5.41, 5.74) is 3.24. The minimum absolute atomic E-state index is 0.144. The Morgan fingerprint density at radius 2 is 1.88 bits per heavy atom. The molecule has 1 fully saturated rings. The van der Waals surface area contributed by atoms with Crippen LogP contribution < -0.4 is 5.32 Å². The second-order valence-electron chi connectivity index (χ2n) is 8.28. The van der Waals surface area contributed by atoms with E-state index in [1.807, 2.05) is 19.1 Å². The number of rotatable bonds is 4. The first-order valence-electron chi connectivity index (χ1n) is 9.47. The molecule has 0 aromatic carbocycles. The number of nitrogens with one attached hydrogen (secondary N) is 1. The number of anilines is 1. The van der Waals surface area contributed by atoms with Crippen LogP contribution in [0.2, 0.25) is 0 Å². The van der Waals surface area contributed by atoms with E-state index >= 15 is 0 Å². The van der Waals surface area contributed by atoms with E-state index in [-0.39, 0.29) is 11.5 Å². The van der Waals surface area contributed by atoms with Crippen LogP contribution in [-0.4, -0.2) is 34.2 Å². The molecule has 1 N–H and O–H groups in total. The van der Waals surface area contributed by atoms with Gasteiger partial charge >= 0.3 is 0 Å². The van der Waals surface area contributed by atoms with Crippen molar-refractivity contribution >= 4 is 5.82 Å². The summed E-state index contributed by atoms with van der Waals surface area (Å²) in [5.74, 6) is 2.15. The lowest BCUT2D eigenvalue weighted by molar-refractivity contribution is -0.0814. The smallest absolute Gasteiger partial charge is 0.161 e. The maximum absolute atomic E-state index is 6.11. The molecule has 3 heterocycles. The molecule has 0 radical (unpaired) electrons. The summed E-state index contributed by atoms with van der Waals surface area (Å²) in [6, 6.07) is 3.89. The van der Waals surface area contributed by atoms with Crippen LogP contribution in [0.4, 0.5) is 5.82 Å². The zero-order valence-corrected chi connectivity index (χ0v) is 16.5. The Hall–Kier alpha value is -2.01. The quantitative estimate of drug-likeness (QED) is 0.881. The van der Waals surface area contributed by atoms with Gasteiger partial charge in [-0.15, -0.1) is 0 Å². The standard InChI is InChI=1S/C21H30N4O/c1-14-15(2)24-20(16-8-10-22-11-9-16)25-19(14)23-13-17-7-6-12-26-18(17)21(3,4)5/h8-11,17-18H,6-7,12-13H2,1-5H3,(H,23,24,25). The molecule has 2 aromatic heterocycles. The predicted molar refractivity (Wildman–Crippen MR) is 105 cm³/mol. The highest BCUT2D eigenvalue weighted by Crippen LogP contribution is 2.34. The van der Waals surface area contributed by atoms with Gasteiger partial charge in [-0.2, -0.15) is 0 Å². The van der Waals surface area contributed by atoms with E-state index in [9.17, 15) is 0 Å². The van der Waals surface area contributed by atoms with Crippen molar-refractivity contribution in [2.45, 2.75) is 53.6 Å². The van der Waals surface area contributed by atoms with Gasteiger partial charge in [0.1, 0.15) is 5.82 Å². The molecule has 5 heteroatoms. The molecule has 1 aliphatic heterocycles. The Kier molecular flexibility index (Phi) is 5.56. The zero-order chi connectivity index (χ0) is 18.7. The fraction of sp³-hybridized carbons (Fsp3) is 0.571. The zero-order valence-electron chi connectivity index (χ0n) is 16.5. The van der Waals surface area contributed by atoms with Gasteiger partial charge in [-0.1, -0.05) is 20.8 Å². The van der Waals surface area contributed by atoms with E-state index in [1.165, 1.54) is 6.42 Å². The Morgan fingerprint density at radius 1 is 1.15 bits per heavy atom. The van der Waals surface area contributed by atoms with Crippen LogP contribution in [0.1, 0.15) is 44.9 Å². The van der Waals surface area contributed by atoms with Crippen LogP contribution in [-0.2, 0) is 4.74 Å². The molecule has 26 heavy (non-hydrogen) atoms. The Balaban J connectivity index is 1.80. The summed E-state index contributed by atoms with van der Waals surface area (Å²) in [4.78, 5) is 13.5. The third kappa shape index (κ3) is 4.21. The van der Waals surface area contributed by atoms with Crippen molar-refractivity contribution in [1.29, 1.82) is 0 Å². The first kappa shape index (κ1) is 18.8. The van der Waals surface area contributed by atoms with Crippen molar-refractivity contribution in [2.75, 3.05) is 18.5 Å². The molecule has 0 aliphatic carbocycles. The average Bonchev–Trinajstić information content (AvgIpc) is 2.63. The van der Waals surface area contributed by atoms with Crippen molar-refractivity contribution in [1.82, 2.24) is 15.0 Å². The fourth-order valence-electron chi connectivity index (χ4n) is 3.67. The lowest BCUT2D eigenvalue weighted by Gasteiger charge is -2.40. The van der Waals surface area contributed by atoms with Crippen molar-refractivity contribution in [2.24, 2.45) is 11.3 Å². The molecule has 1 saturated heterocycles. The van der Waals surface area contributed by atoms with E-state index < -0.39 is 0 Å². The molecular weight excluding hydrogens is 324 g/mol. The van der Waals surface area contributed by atoms with Gasteiger partial charge in [0.15, 0.2) is 5.82 Å². The van der Waals surface area contributed by atoms with Crippen LogP contribution in [0.5, 0.6) is 0 Å². The average molecular weight is 354 g/mol. The van der Waals surface area contributed by atoms with E-state index in [0.29, 0.717) is 5.92 Å². The molecule has 0 bridgehead atoms. The van der Waals surface area contributed by atoms with Crippen LogP contribution in [0, 0.1) is 25.2 Å². The van der Waals surface area contributed by atoms with Crippen LogP contribution in [0.15, 0.2) is 24.5 Å². The third-order valence-corrected chi connectivity index (χ3v) is 5.16. The summed E-state index contributed by atoms with van der Waals surface area (Å²) < 4.78 is 6.11. The van der Waals surface area contributed by atoms with Gasteiger partial charge < -0.3 is 10.1 Å². The van der Waals surface area contributed by atoms with Gasteiger partial charge in [0, 0.05) is 48.3 Å². The van der Waals surface area contributed by atoms with E-state index in [4.69, 9.17) is 9.72 Å². The third-order valence-electron chi connectivity index (χ3n) is 5.16. The summed E-state index contributed by atoms with van der Waals surface area (Å²) >= 11 is 0. The highest BCUT2D eigenvalue weighted by Gasteiger charge is 2.35. The molecule has 5 nitrogen and oxygen atoms in total. The normalized spacial score (nSPS) is 20.8. The minimum atomic E-state index is 0.144. The molecule has 2 aromatic rings. The first-order chi connectivity index (χ1) is 12.4. The van der Waals surface area contributed by atoms with Crippen molar-refractivity contribution in [3.05, 3.63) is 35.8 Å². The Labute approximate surface area is 156 Å². The number of hydrogen-bond acceptors (Lipinski definition) is 5. The van der Waals surface area contributed by atoms with E-state index in [2.05, 4.69) is 43.0 Å². The molecule has 140 valence electrons. The second kappa shape index (κ2) is 7.70. The molecule has 0 amide bonds. The number of hydrogen-bond donors (Lipinski definition) is 1. The van der Waals surface area contributed by atoms with Gasteiger partial charge in [0.25, 0.3) is 0 Å². The molecule has 2 atom stereocenters. The second-order valence-corrected chi connectivity index (χ2v) is 8.28. The summed E-state index contributed by atoms with van der Waals surface area (Å²) in [7, 11) is 0. The maximum Gasteiger partial charge on any atom is 0.161 e. The lowest BCUT2D eigenvalue weighted by Crippen LogP contribution is -2.42. The summed E-state index contributed by atoms with van der Waals surface area (Å²) in [6.45, 7) is 12.6. The molecule has 0 saturated carbocycles. The monoisotopic (exact) mass is 354 g/mol. The fourth-order valence-corrected chi connectivity index (χ4v) is 3.67. The number of aromatic nitrogens is 3. The highest BCUT2D eigenvalue weighted by molar-refractivity contribution is 5.59. The number of ether oxygens (including phenoxy) is 1. The largest absolute Gasteiger partial charge is 0.377 e. The molecule has 0 spiro atoms. The van der Waals surface area contributed by atoms with Gasteiger partial charge in [-0.05, 0) is 44.2 Å². The van der Waals surface area contributed by atoms with Crippen molar-refractivity contribution in [3.8, 4) is 11.4 Å². The molecule has 1 aliphatic rings. The predicted octanol–water partition coefficient (Wildman–Crippen LogP) is 4.41. The molecular formula is C21H30N4O.